The third-order valence-electron chi connectivity index (χ3n) is 2.67. The fourth-order valence-corrected chi connectivity index (χ4v) is 1.82. The molecule has 0 amide bonds. The Balaban J connectivity index is 2.83. The molecule has 100 valence electrons. The predicted octanol–water partition coefficient (Wildman–Crippen LogP) is 1.25. The smallest absolute Gasteiger partial charge is 0.274 e. The van der Waals surface area contributed by atoms with E-state index in [0.29, 0.717) is 12.2 Å². The third kappa shape index (κ3) is 3.76. The Morgan fingerprint density at radius 1 is 1.50 bits per heavy atom. The Hall–Kier alpha value is -1.50. The predicted molar refractivity (Wildman–Crippen MR) is 67.4 cm³/mol. The van der Waals surface area contributed by atoms with Crippen molar-refractivity contribution in [1.29, 1.82) is 0 Å². The summed E-state index contributed by atoms with van der Waals surface area (Å²) in [6.45, 7) is 2.08. The minimum Gasteiger partial charge on any atom is -0.395 e. The van der Waals surface area contributed by atoms with Crippen LogP contribution in [0.25, 0.3) is 0 Å². The van der Waals surface area contributed by atoms with Crippen LogP contribution < -0.4 is 5.32 Å². The van der Waals surface area contributed by atoms with E-state index < -0.39 is 4.92 Å². The summed E-state index contributed by atoms with van der Waals surface area (Å²) in [7, 11) is 1.54. The topological polar surface area (TPSA) is 84.6 Å². The molecule has 0 saturated heterocycles. The highest BCUT2D eigenvalue weighted by molar-refractivity contribution is 5.41. The lowest BCUT2D eigenvalue weighted by Gasteiger charge is -2.21. The summed E-state index contributed by atoms with van der Waals surface area (Å²) < 4.78 is 4.95. The zero-order valence-electron chi connectivity index (χ0n) is 10.5. The second-order valence-corrected chi connectivity index (χ2v) is 4.04. The van der Waals surface area contributed by atoms with E-state index in [1.807, 2.05) is 6.92 Å². The van der Waals surface area contributed by atoms with Crippen LogP contribution in [-0.2, 0) is 4.74 Å². The Morgan fingerprint density at radius 3 is 2.72 bits per heavy atom. The highest BCUT2D eigenvalue weighted by Gasteiger charge is 2.20. The molecule has 1 aromatic rings. The summed E-state index contributed by atoms with van der Waals surface area (Å²) in [5.74, 6) is 0. The van der Waals surface area contributed by atoms with Gasteiger partial charge < -0.3 is 15.2 Å². The minimum atomic E-state index is -0.405. The lowest BCUT2D eigenvalue weighted by atomic mass is 10.1. The van der Waals surface area contributed by atoms with Crippen LogP contribution in [0.4, 0.5) is 5.69 Å². The second-order valence-electron chi connectivity index (χ2n) is 4.04. The molecule has 6 nitrogen and oxygen atoms in total. The quantitative estimate of drug-likeness (QED) is 0.565. The number of hydrogen-bond acceptors (Lipinski definition) is 5. The first-order chi connectivity index (χ1) is 8.60. The number of nitrogens with one attached hydrogen (secondary N) is 1. The fourth-order valence-electron chi connectivity index (χ4n) is 1.82. The van der Waals surface area contributed by atoms with Crippen molar-refractivity contribution in [1.82, 2.24) is 5.32 Å². The van der Waals surface area contributed by atoms with Crippen LogP contribution in [0.5, 0.6) is 0 Å². The van der Waals surface area contributed by atoms with Gasteiger partial charge >= 0.3 is 0 Å². The van der Waals surface area contributed by atoms with Crippen LogP contribution in [0, 0.1) is 10.1 Å². The van der Waals surface area contributed by atoms with Gasteiger partial charge in [0.15, 0.2) is 0 Å². The highest BCUT2D eigenvalue weighted by atomic mass is 16.6. The van der Waals surface area contributed by atoms with Gasteiger partial charge in [-0.05, 0) is 6.92 Å². The van der Waals surface area contributed by atoms with Gasteiger partial charge in [0.1, 0.15) is 0 Å². The largest absolute Gasteiger partial charge is 0.395 e. The molecule has 0 spiro atoms. The maximum absolute atomic E-state index is 10.9. The molecule has 0 radical (unpaired) electrons. The number of hydrogen-bond donors (Lipinski definition) is 2. The number of ether oxygens (including phenoxy) is 1. The van der Waals surface area contributed by atoms with Crippen molar-refractivity contribution in [3.63, 3.8) is 0 Å². The van der Waals surface area contributed by atoms with Crippen molar-refractivity contribution in [2.45, 2.75) is 19.0 Å². The summed E-state index contributed by atoms with van der Waals surface area (Å²) >= 11 is 0. The summed E-state index contributed by atoms with van der Waals surface area (Å²) in [4.78, 5) is 10.5. The molecule has 1 aromatic carbocycles. The molecule has 18 heavy (non-hydrogen) atoms. The molecular formula is C12H18N2O4. The van der Waals surface area contributed by atoms with Crippen LogP contribution in [0.15, 0.2) is 24.3 Å². The lowest BCUT2D eigenvalue weighted by molar-refractivity contribution is -0.385. The molecule has 0 heterocycles. The van der Waals surface area contributed by atoms with Gasteiger partial charge in [-0.3, -0.25) is 10.1 Å². The van der Waals surface area contributed by atoms with Crippen LogP contribution in [0.2, 0.25) is 0 Å². The van der Waals surface area contributed by atoms with Crippen molar-refractivity contribution < 1.29 is 14.8 Å². The third-order valence-corrected chi connectivity index (χ3v) is 2.67. The normalized spacial score (nSPS) is 14.2. The van der Waals surface area contributed by atoms with Crippen molar-refractivity contribution in [2.75, 3.05) is 20.3 Å². The van der Waals surface area contributed by atoms with Gasteiger partial charge in [0.25, 0.3) is 5.69 Å². The van der Waals surface area contributed by atoms with Crippen molar-refractivity contribution >= 4 is 5.69 Å². The van der Waals surface area contributed by atoms with Gasteiger partial charge in [0.2, 0.25) is 0 Å². The fraction of sp³-hybridized carbons (Fsp3) is 0.500. The van der Waals surface area contributed by atoms with Crippen molar-refractivity contribution in [3.05, 3.63) is 39.9 Å². The molecule has 0 fully saturated rings. The summed E-state index contributed by atoms with van der Waals surface area (Å²) in [6, 6.07) is 6.08. The number of aliphatic hydroxyl groups excluding tert-OH is 1. The van der Waals surface area contributed by atoms with Gasteiger partial charge in [0, 0.05) is 24.8 Å². The maximum atomic E-state index is 10.9. The van der Waals surface area contributed by atoms with E-state index >= 15 is 0 Å². The van der Waals surface area contributed by atoms with Gasteiger partial charge in [-0.25, -0.2) is 0 Å². The molecule has 2 N–H and O–H groups in total. The van der Waals surface area contributed by atoms with E-state index in [2.05, 4.69) is 5.32 Å². The lowest BCUT2D eigenvalue weighted by Crippen LogP contribution is -2.38. The Bertz CT molecular complexity index is 397. The van der Waals surface area contributed by atoms with Crippen molar-refractivity contribution in [2.24, 2.45) is 0 Å². The number of rotatable bonds is 7. The molecular weight excluding hydrogens is 236 g/mol. The number of nitro groups is 1. The summed E-state index contributed by atoms with van der Waals surface area (Å²) in [5, 5.41) is 23.2. The second kappa shape index (κ2) is 7.05. The van der Waals surface area contributed by atoms with Crippen LogP contribution in [0.1, 0.15) is 18.5 Å². The molecule has 1 rings (SSSR count). The molecule has 6 heteroatoms. The summed E-state index contributed by atoms with van der Waals surface area (Å²) in [5.41, 5.74) is 0.670. The average molecular weight is 254 g/mol. The molecule has 2 atom stereocenters. The molecule has 0 bridgehead atoms. The summed E-state index contributed by atoms with van der Waals surface area (Å²) in [6.07, 6.45) is 0. The maximum Gasteiger partial charge on any atom is 0.274 e. The molecule has 0 aliphatic rings. The standard InChI is InChI=1S/C12H18N2O4/c1-9(13-10(7-15)8-18-2)11-5-3-4-6-12(11)14(16)17/h3-6,9-10,13,15H,7-8H2,1-2H3. The van der Waals surface area contributed by atoms with Gasteiger partial charge in [-0.15, -0.1) is 0 Å². The molecule has 0 aromatic heterocycles. The first-order valence-corrected chi connectivity index (χ1v) is 5.69. The van der Waals surface area contributed by atoms with Crippen molar-refractivity contribution in [3.8, 4) is 0 Å². The van der Waals surface area contributed by atoms with E-state index in [9.17, 15) is 10.1 Å². The number of benzene rings is 1. The monoisotopic (exact) mass is 254 g/mol. The molecule has 2 unspecified atom stereocenters. The number of nitrogens with zero attached hydrogens (tertiary/aromatic N) is 1. The molecule has 0 aliphatic heterocycles. The van der Waals surface area contributed by atoms with Crippen LogP contribution in [0.3, 0.4) is 0 Å². The molecule has 0 saturated carbocycles. The van der Waals surface area contributed by atoms with E-state index in [1.165, 1.54) is 6.07 Å². The van der Waals surface area contributed by atoms with E-state index in [1.54, 1.807) is 25.3 Å². The zero-order chi connectivity index (χ0) is 13.5. The Kier molecular flexibility index (Phi) is 5.70. The first kappa shape index (κ1) is 14.6. The first-order valence-electron chi connectivity index (χ1n) is 5.69. The number of methoxy groups -OCH3 is 1. The van der Waals surface area contributed by atoms with Gasteiger partial charge in [-0.2, -0.15) is 0 Å². The zero-order valence-corrected chi connectivity index (χ0v) is 10.5. The molecule has 0 aliphatic carbocycles. The highest BCUT2D eigenvalue weighted by Crippen LogP contribution is 2.24. The van der Waals surface area contributed by atoms with Crippen LogP contribution in [-0.4, -0.2) is 36.4 Å². The number of para-hydroxylation sites is 1. The Morgan fingerprint density at radius 2 is 2.17 bits per heavy atom. The number of aliphatic hydroxyl groups is 1. The minimum absolute atomic E-state index is 0.0756. The Labute approximate surface area is 106 Å². The average Bonchev–Trinajstić information content (AvgIpc) is 2.38. The number of nitro benzene ring substituents is 1. The van der Waals surface area contributed by atoms with Gasteiger partial charge in [-0.1, -0.05) is 18.2 Å². The van der Waals surface area contributed by atoms with Crippen LogP contribution >= 0.6 is 0 Å². The SMILES string of the molecule is COCC(CO)NC(C)c1ccccc1[N+](=O)[O-]. The van der Waals surface area contributed by atoms with Gasteiger partial charge in [0.05, 0.1) is 24.2 Å². The van der Waals surface area contributed by atoms with E-state index in [4.69, 9.17) is 9.84 Å². The van der Waals surface area contributed by atoms with E-state index in [0.717, 1.165) is 0 Å². The van der Waals surface area contributed by atoms with E-state index in [-0.39, 0.29) is 24.4 Å².